The number of hydrogen-bond donors (Lipinski definition) is 13. The van der Waals surface area contributed by atoms with E-state index in [4.69, 9.17) is 51.6 Å². The number of Topliss-reactive ketones (excluding diaryl/α,β-unsaturated/α-hetero) is 1. The van der Waals surface area contributed by atoms with Crippen molar-refractivity contribution < 1.29 is 131 Å². The number of rotatable bonds is 17. The van der Waals surface area contributed by atoms with Crippen LogP contribution in [0.5, 0.6) is 0 Å². The Balaban J connectivity index is 0.991. The molecule has 9 rings (SSSR count). The van der Waals surface area contributed by atoms with Crippen LogP contribution in [0.25, 0.3) is 0 Å². The number of carbonyl (C=O) groups excluding carboxylic acids is 1. The molecule has 4 aliphatic carbocycles. The number of fused-ring (bicyclic) bond motifs is 5. The number of aliphatic hydroxyl groups excluding tert-OH is 11. The molecule has 85 heavy (non-hydrogen) atoms. The minimum Gasteiger partial charge on any atom is -0.389 e. The lowest BCUT2D eigenvalue weighted by molar-refractivity contribution is -0.406. The molecular weight excluding hydrogens is 1150 g/mol. The van der Waals surface area contributed by atoms with Crippen molar-refractivity contribution in [3.05, 3.63) is 11.6 Å². The van der Waals surface area contributed by atoms with Gasteiger partial charge in [-0.25, -0.2) is 4.18 Å². The van der Waals surface area contributed by atoms with Crippen molar-refractivity contribution in [2.24, 2.45) is 40.4 Å². The van der Waals surface area contributed by atoms with E-state index in [2.05, 4.69) is 19.9 Å². The molecule has 8 fully saturated rings. The standard InChI is InChI=1S/C57H94O27S/c1-21(2)17-27(58)20-57(10,70)34-12-11-30-29-19-33(32-18-28(84-85(71,72)73)13-15-55(32,8)31(29)14-16-56(30,34)9)79-52-45(69)47(38(62)25(6)76-52)81-54-49(83-51-43(67)40(64)36(60)23(4)75-51)44(68)46(26(7)78-54)80-53-48(41(65)37(61)24(5)77-53)82-50-42(66)39(63)35(59)22(3)74-50/h14,21-26,28-30,32-54,59-70H,11-13,15-20H2,1-10H3,(H,71,72,73). The second-order valence-corrected chi connectivity index (χ2v) is 28.1. The summed E-state index contributed by atoms with van der Waals surface area (Å²) in [5.41, 5.74) is -1.23. The van der Waals surface area contributed by atoms with Gasteiger partial charge in [0.05, 0.1) is 48.3 Å². The number of carbonyl (C=O) groups is 1. The third-order valence-electron chi connectivity index (χ3n) is 20.6. The first-order chi connectivity index (χ1) is 39.6. The molecular formula is C57H94O27S. The van der Waals surface area contributed by atoms with Crippen LogP contribution in [-0.4, -0.2) is 251 Å². The lowest BCUT2D eigenvalue weighted by atomic mass is 9.47. The van der Waals surface area contributed by atoms with Gasteiger partial charge in [0, 0.05) is 12.8 Å². The average molecular weight is 1240 g/mol. The summed E-state index contributed by atoms with van der Waals surface area (Å²) >= 11 is 0. The van der Waals surface area contributed by atoms with E-state index in [9.17, 15) is 79.0 Å². The van der Waals surface area contributed by atoms with E-state index >= 15 is 0 Å². The zero-order chi connectivity index (χ0) is 62.5. The number of allylic oxidation sites excluding steroid dienone is 2. The number of ether oxygens (including phenoxy) is 10. The normalized spacial score (nSPS) is 52.1. The Labute approximate surface area is 495 Å². The molecule has 0 aromatic carbocycles. The van der Waals surface area contributed by atoms with Crippen molar-refractivity contribution in [3.8, 4) is 0 Å². The molecule has 0 radical (unpaired) electrons. The van der Waals surface area contributed by atoms with Crippen molar-refractivity contribution in [1.82, 2.24) is 0 Å². The smallest absolute Gasteiger partial charge is 0.389 e. The van der Waals surface area contributed by atoms with Gasteiger partial charge in [-0.15, -0.1) is 0 Å². The summed E-state index contributed by atoms with van der Waals surface area (Å²) in [5.74, 6) is -0.752. The molecule has 490 valence electrons. The van der Waals surface area contributed by atoms with E-state index in [0.717, 1.165) is 12.0 Å². The number of ketones is 1. The van der Waals surface area contributed by atoms with Gasteiger partial charge < -0.3 is 109 Å². The summed E-state index contributed by atoms with van der Waals surface area (Å²) in [5, 5.41) is 136. The lowest BCUT2D eigenvalue weighted by Gasteiger charge is -2.60. The Morgan fingerprint density at radius 3 is 1.62 bits per heavy atom. The van der Waals surface area contributed by atoms with Crippen LogP contribution in [0.2, 0.25) is 0 Å². The van der Waals surface area contributed by atoms with Gasteiger partial charge >= 0.3 is 10.4 Å². The van der Waals surface area contributed by atoms with Gasteiger partial charge in [-0.1, -0.05) is 39.3 Å². The van der Waals surface area contributed by atoms with Gasteiger partial charge in [-0.3, -0.25) is 9.35 Å². The number of aliphatic hydroxyl groups is 12. The molecule has 5 heterocycles. The third-order valence-corrected chi connectivity index (χ3v) is 21.1. The van der Waals surface area contributed by atoms with E-state index in [0.29, 0.717) is 32.1 Å². The van der Waals surface area contributed by atoms with Crippen LogP contribution in [0.15, 0.2) is 11.6 Å². The molecule has 0 aromatic rings. The average Bonchev–Trinajstić information content (AvgIpc) is 1.84. The fourth-order valence-electron chi connectivity index (χ4n) is 16.0. The minimum absolute atomic E-state index is 0.00397. The van der Waals surface area contributed by atoms with Gasteiger partial charge in [0.2, 0.25) is 0 Å². The molecule has 13 N–H and O–H groups in total. The van der Waals surface area contributed by atoms with Gasteiger partial charge in [0.15, 0.2) is 31.5 Å². The van der Waals surface area contributed by atoms with Crippen molar-refractivity contribution in [2.45, 2.75) is 298 Å². The zero-order valence-corrected chi connectivity index (χ0v) is 50.7. The van der Waals surface area contributed by atoms with Gasteiger partial charge in [0.25, 0.3) is 0 Å². The van der Waals surface area contributed by atoms with E-state index < -0.39 is 198 Å². The van der Waals surface area contributed by atoms with Crippen molar-refractivity contribution in [1.29, 1.82) is 0 Å². The van der Waals surface area contributed by atoms with Crippen LogP contribution >= 0.6 is 0 Å². The Kier molecular flexibility index (Phi) is 20.6. The van der Waals surface area contributed by atoms with Gasteiger partial charge in [-0.2, -0.15) is 8.42 Å². The van der Waals surface area contributed by atoms with Crippen molar-refractivity contribution in [3.63, 3.8) is 0 Å². The van der Waals surface area contributed by atoms with Crippen LogP contribution in [0.1, 0.15) is 127 Å². The molecule has 9 aliphatic rings. The maximum Gasteiger partial charge on any atom is 0.397 e. The van der Waals surface area contributed by atoms with Crippen LogP contribution < -0.4 is 0 Å². The summed E-state index contributed by atoms with van der Waals surface area (Å²) in [4.78, 5) is 13.2. The highest BCUT2D eigenvalue weighted by molar-refractivity contribution is 7.80. The summed E-state index contributed by atoms with van der Waals surface area (Å²) in [7, 11) is -4.88. The molecule has 34 atom stereocenters. The topological polar surface area (TPSA) is 416 Å². The molecule has 27 nitrogen and oxygen atoms in total. The summed E-state index contributed by atoms with van der Waals surface area (Å²) in [6.07, 6.45) is -36.8. The highest BCUT2D eigenvalue weighted by Crippen LogP contribution is 2.67. The fourth-order valence-corrected chi connectivity index (χ4v) is 16.5. The summed E-state index contributed by atoms with van der Waals surface area (Å²) < 4.78 is 101. The quantitative estimate of drug-likeness (QED) is 0.0597. The highest BCUT2D eigenvalue weighted by atomic mass is 32.3. The predicted octanol–water partition coefficient (Wildman–Crippen LogP) is -1.26. The van der Waals surface area contributed by atoms with Crippen LogP contribution in [0, 0.1) is 40.4 Å². The van der Waals surface area contributed by atoms with E-state index in [-0.39, 0.29) is 48.7 Å². The first-order valence-corrected chi connectivity index (χ1v) is 31.6. The van der Waals surface area contributed by atoms with E-state index in [1.165, 1.54) is 34.6 Å². The first kappa shape index (κ1) is 67.8. The predicted molar refractivity (Wildman–Crippen MR) is 289 cm³/mol. The maximum absolute atomic E-state index is 13.2. The molecule has 5 aliphatic heterocycles. The molecule has 3 saturated carbocycles. The summed E-state index contributed by atoms with van der Waals surface area (Å²) in [6.45, 7) is 17.1. The van der Waals surface area contributed by atoms with Crippen LogP contribution in [-0.2, 0) is 66.7 Å². The first-order valence-electron chi connectivity index (χ1n) is 30.2. The van der Waals surface area contributed by atoms with Gasteiger partial charge in [-0.05, 0) is 127 Å². The highest BCUT2D eigenvalue weighted by Gasteiger charge is 2.64. The van der Waals surface area contributed by atoms with E-state index in [1.807, 2.05) is 13.8 Å². The fraction of sp³-hybridized carbons (Fsp3) is 0.947. The molecule has 0 bridgehead atoms. The lowest BCUT2D eigenvalue weighted by Crippen LogP contribution is -2.68. The van der Waals surface area contributed by atoms with Gasteiger partial charge in [0.1, 0.15) is 97.3 Å². The number of hydrogen-bond acceptors (Lipinski definition) is 26. The van der Waals surface area contributed by atoms with Crippen molar-refractivity contribution >= 4 is 16.2 Å². The largest absolute Gasteiger partial charge is 0.397 e. The molecule has 0 amide bonds. The van der Waals surface area contributed by atoms with E-state index in [1.54, 1.807) is 6.92 Å². The Morgan fingerprint density at radius 2 is 1.07 bits per heavy atom. The second-order valence-electron chi connectivity index (χ2n) is 27.1. The molecule has 34 unspecified atom stereocenters. The van der Waals surface area contributed by atoms with Crippen molar-refractivity contribution in [2.75, 3.05) is 0 Å². The van der Waals surface area contributed by atoms with Crippen LogP contribution in [0.4, 0.5) is 0 Å². The molecule has 0 spiro atoms. The third kappa shape index (κ3) is 13.4. The Morgan fingerprint density at radius 1 is 0.588 bits per heavy atom. The summed E-state index contributed by atoms with van der Waals surface area (Å²) in [6, 6.07) is 0. The monoisotopic (exact) mass is 1240 g/mol. The second kappa shape index (κ2) is 25.8. The molecule has 0 aromatic heterocycles. The molecule has 28 heteroatoms. The molecule has 5 saturated heterocycles. The zero-order valence-electron chi connectivity index (χ0n) is 49.9. The maximum atomic E-state index is 13.2. The minimum atomic E-state index is -4.88. The van der Waals surface area contributed by atoms with Crippen LogP contribution in [0.3, 0.4) is 0 Å². The SMILES string of the molecule is CC(C)CC(=O)CC(C)(O)C1CCC2C3CC(OC4OC(C)C(O)C(OC5OC(C)C(OC6OC(C)C(O)C(O)C6OC6OC(C)C(O)C(O)C6O)C(O)C5OC5OC(C)C(O)C(O)C5O)C4O)C4CC(OS(=O)(=O)O)CCC4(C)C3=CCC21C. The Hall–Kier alpha value is -1.60. The Bertz CT molecular complexity index is 2440.